The second kappa shape index (κ2) is 11.0. The molecule has 0 aliphatic carbocycles. The van der Waals surface area contributed by atoms with Gasteiger partial charge in [-0.25, -0.2) is 4.79 Å². The van der Waals surface area contributed by atoms with Crippen molar-refractivity contribution in [3.63, 3.8) is 0 Å². The van der Waals surface area contributed by atoms with Gasteiger partial charge in [-0.05, 0) is 36.8 Å². The van der Waals surface area contributed by atoms with Gasteiger partial charge < -0.3 is 19.3 Å². The Balaban J connectivity index is 0.00000385. The zero-order valence-electron chi connectivity index (χ0n) is 19.1. The molecule has 1 heterocycles. The van der Waals surface area contributed by atoms with Gasteiger partial charge in [0.25, 0.3) is 0 Å². The minimum Gasteiger partial charge on any atom is -0.493 e. The van der Waals surface area contributed by atoms with Gasteiger partial charge in [0.05, 0.1) is 12.7 Å². The number of para-hydroxylation sites is 1. The molecule has 0 spiro atoms. The Hall–Kier alpha value is -2.65. The number of rotatable bonds is 5. The van der Waals surface area contributed by atoms with Crippen LogP contribution in [0.15, 0.2) is 42.5 Å². The molecule has 1 amide bonds. The minimum absolute atomic E-state index is 0. The largest absolute Gasteiger partial charge is 0.493 e. The van der Waals surface area contributed by atoms with Gasteiger partial charge in [0.2, 0.25) is 0 Å². The van der Waals surface area contributed by atoms with Crippen LogP contribution in [0.4, 0.5) is 23.7 Å². The molecular weight excluding hydrogens is 459 g/mol. The van der Waals surface area contributed by atoms with E-state index in [-0.39, 0.29) is 24.1 Å². The Morgan fingerprint density at radius 3 is 2.24 bits per heavy atom. The number of hydrogen-bond acceptors (Lipinski definition) is 5. The average molecular weight is 488 g/mol. The lowest BCUT2D eigenvalue weighted by Crippen LogP contribution is -2.47. The predicted molar refractivity (Wildman–Crippen MR) is 124 cm³/mol. The Kier molecular flexibility index (Phi) is 8.85. The van der Waals surface area contributed by atoms with Gasteiger partial charge >= 0.3 is 12.3 Å². The van der Waals surface area contributed by atoms with E-state index in [0.29, 0.717) is 37.7 Å². The van der Waals surface area contributed by atoms with E-state index >= 15 is 0 Å². The van der Waals surface area contributed by atoms with Crippen LogP contribution >= 0.6 is 12.4 Å². The van der Waals surface area contributed by atoms with Gasteiger partial charge in [0.15, 0.2) is 11.5 Å². The standard InChI is InChI=1S/C23H28F3N3O3.ClH/c1-16(17-9-10-20(21(15-17)31-4)32-22(30)27(2)3)28-11-13-29(14-12-28)19-8-6-5-7-18(19)23(24,25)26;/h5-10,15-16H,11-14H2,1-4H3;1H. The molecule has 1 fully saturated rings. The first kappa shape index (κ1) is 26.6. The molecule has 33 heavy (non-hydrogen) atoms. The van der Waals surface area contributed by atoms with E-state index in [2.05, 4.69) is 4.90 Å². The highest BCUT2D eigenvalue weighted by molar-refractivity contribution is 5.85. The quantitative estimate of drug-likeness (QED) is 0.588. The maximum absolute atomic E-state index is 13.4. The van der Waals surface area contributed by atoms with Crippen molar-refractivity contribution in [3.05, 3.63) is 53.6 Å². The van der Waals surface area contributed by atoms with E-state index in [0.717, 1.165) is 11.6 Å². The summed E-state index contributed by atoms with van der Waals surface area (Å²) in [5, 5.41) is 0. The predicted octanol–water partition coefficient (Wildman–Crippen LogP) is 5.08. The molecule has 6 nitrogen and oxygen atoms in total. The maximum Gasteiger partial charge on any atom is 0.418 e. The third kappa shape index (κ3) is 6.23. The molecule has 3 rings (SSSR count). The summed E-state index contributed by atoms with van der Waals surface area (Å²) in [6.07, 6.45) is -4.88. The van der Waals surface area contributed by atoms with Crippen LogP contribution in [-0.4, -0.2) is 63.3 Å². The molecule has 10 heteroatoms. The molecule has 182 valence electrons. The molecule has 1 atom stereocenters. The average Bonchev–Trinajstić information content (AvgIpc) is 2.78. The fourth-order valence-electron chi connectivity index (χ4n) is 3.76. The highest BCUT2D eigenvalue weighted by atomic mass is 35.5. The van der Waals surface area contributed by atoms with Crippen molar-refractivity contribution in [1.82, 2.24) is 9.80 Å². The van der Waals surface area contributed by atoms with Crippen molar-refractivity contribution in [2.24, 2.45) is 0 Å². The first-order chi connectivity index (χ1) is 15.1. The van der Waals surface area contributed by atoms with Crippen LogP contribution in [0, 0.1) is 0 Å². The topological polar surface area (TPSA) is 45.3 Å². The third-order valence-electron chi connectivity index (χ3n) is 5.64. The van der Waals surface area contributed by atoms with Crippen LogP contribution in [0.3, 0.4) is 0 Å². The lowest BCUT2D eigenvalue weighted by atomic mass is 10.0. The number of hydrogen-bond donors (Lipinski definition) is 0. The van der Waals surface area contributed by atoms with E-state index in [1.54, 1.807) is 31.1 Å². The number of carbonyl (C=O) groups excluding carboxylic acids is 1. The van der Waals surface area contributed by atoms with Crippen molar-refractivity contribution in [3.8, 4) is 11.5 Å². The molecule has 2 aromatic carbocycles. The van der Waals surface area contributed by atoms with Crippen LogP contribution in [0.1, 0.15) is 24.1 Å². The van der Waals surface area contributed by atoms with Crippen molar-refractivity contribution in [2.75, 3.05) is 52.3 Å². The first-order valence-electron chi connectivity index (χ1n) is 10.3. The summed E-state index contributed by atoms with van der Waals surface area (Å²) in [6.45, 7) is 4.26. The highest BCUT2D eigenvalue weighted by Crippen LogP contribution is 2.37. The third-order valence-corrected chi connectivity index (χ3v) is 5.64. The van der Waals surface area contributed by atoms with Gasteiger partial charge in [0, 0.05) is 52.0 Å². The summed E-state index contributed by atoms with van der Waals surface area (Å²) in [4.78, 5) is 17.2. The molecule has 1 aliphatic heterocycles. The van der Waals surface area contributed by atoms with Crippen molar-refractivity contribution in [2.45, 2.75) is 19.1 Å². The zero-order valence-corrected chi connectivity index (χ0v) is 19.9. The zero-order chi connectivity index (χ0) is 23.5. The van der Waals surface area contributed by atoms with Crippen LogP contribution in [0.25, 0.3) is 0 Å². The number of anilines is 1. The molecule has 1 saturated heterocycles. The smallest absolute Gasteiger partial charge is 0.418 e. The Labute approximate surface area is 198 Å². The molecule has 0 aromatic heterocycles. The monoisotopic (exact) mass is 487 g/mol. The van der Waals surface area contributed by atoms with Crippen LogP contribution in [0.5, 0.6) is 11.5 Å². The number of methoxy groups -OCH3 is 1. The van der Waals surface area contributed by atoms with Crippen molar-refractivity contribution >= 4 is 24.2 Å². The second-order valence-corrected chi connectivity index (χ2v) is 7.89. The van der Waals surface area contributed by atoms with Crippen molar-refractivity contribution in [1.29, 1.82) is 0 Å². The summed E-state index contributed by atoms with van der Waals surface area (Å²) in [7, 11) is 4.70. The summed E-state index contributed by atoms with van der Waals surface area (Å²) >= 11 is 0. The molecular formula is C23H29ClF3N3O3. The molecule has 0 bridgehead atoms. The Bertz CT molecular complexity index is 948. The maximum atomic E-state index is 13.4. The van der Waals surface area contributed by atoms with Crippen LogP contribution in [0.2, 0.25) is 0 Å². The number of nitrogens with zero attached hydrogens (tertiary/aromatic N) is 3. The van der Waals surface area contributed by atoms with Crippen LogP contribution < -0.4 is 14.4 Å². The Morgan fingerprint density at radius 1 is 1.03 bits per heavy atom. The van der Waals surface area contributed by atoms with E-state index in [1.807, 2.05) is 19.1 Å². The fraction of sp³-hybridized carbons (Fsp3) is 0.435. The number of amides is 1. The van der Waals surface area contributed by atoms with Gasteiger partial charge in [-0.15, -0.1) is 12.4 Å². The van der Waals surface area contributed by atoms with Gasteiger partial charge in [-0.1, -0.05) is 18.2 Å². The van der Waals surface area contributed by atoms with Gasteiger partial charge in [-0.3, -0.25) is 4.90 Å². The fourth-order valence-corrected chi connectivity index (χ4v) is 3.76. The molecule has 0 radical (unpaired) electrons. The van der Waals surface area contributed by atoms with E-state index in [4.69, 9.17) is 9.47 Å². The number of benzene rings is 2. The molecule has 2 aromatic rings. The first-order valence-corrected chi connectivity index (χ1v) is 10.3. The number of ether oxygens (including phenoxy) is 2. The SMILES string of the molecule is COc1cc(C(C)N2CCN(c3ccccc3C(F)(F)F)CC2)ccc1OC(=O)N(C)C.Cl. The lowest BCUT2D eigenvalue weighted by molar-refractivity contribution is -0.137. The minimum atomic E-state index is -4.38. The normalized spacial score (nSPS) is 15.4. The van der Waals surface area contributed by atoms with Gasteiger partial charge in [0.1, 0.15) is 0 Å². The van der Waals surface area contributed by atoms with E-state index in [9.17, 15) is 18.0 Å². The Morgan fingerprint density at radius 2 is 1.67 bits per heavy atom. The molecule has 1 aliphatic rings. The highest BCUT2D eigenvalue weighted by Gasteiger charge is 2.35. The van der Waals surface area contributed by atoms with Gasteiger partial charge in [-0.2, -0.15) is 13.2 Å². The number of piperazine rings is 1. The summed E-state index contributed by atoms with van der Waals surface area (Å²) in [5.41, 5.74) is 0.589. The molecule has 0 N–H and O–H groups in total. The molecule has 1 unspecified atom stereocenters. The van der Waals surface area contributed by atoms with Crippen LogP contribution in [-0.2, 0) is 6.18 Å². The van der Waals surface area contributed by atoms with Crippen molar-refractivity contribution < 1.29 is 27.4 Å². The number of alkyl halides is 3. The van der Waals surface area contributed by atoms with E-state index < -0.39 is 17.8 Å². The lowest BCUT2D eigenvalue weighted by Gasteiger charge is -2.40. The molecule has 0 saturated carbocycles. The summed E-state index contributed by atoms with van der Waals surface area (Å²) < 4.78 is 50.8. The second-order valence-electron chi connectivity index (χ2n) is 7.89. The van der Waals surface area contributed by atoms with E-state index in [1.165, 1.54) is 24.1 Å². The number of halogens is 4. The number of carbonyl (C=O) groups is 1. The summed E-state index contributed by atoms with van der Waals surface area (Å²) in [6, 6.07) is 11.1. The summed E-state index contributed by atoms with van der Waals surface area (Å²) in [5.74, 6) is 0.776.